The molecule has 29 heavy (non-hydrogen) atoms. The van der Waals surface area contributed by atoms with E-state index in [0.29, 0.717) is 25.1 Å². The lowest BCUT2D eigenvalue weighted by Gasteiger charge is -2.47. The van der Waals surface area contributed by atoms with Crippen molar-refractivity contribution < 1.29 is 29.2 Å². The Morgan fingerprint density at radius 1 is 1.52 bits per heavy atom. The van der Waals surface area contributed by atoms with Gasteiger partial charge in [0.05, 0.1) is 41.2 Å². The average molecular weight is 418 g/mol. The van der Waals surface area contributed by atoms with Crippen molar-refractivity contribution in [3.05, 3.63) is 34.4 Å². The van der Waals surface area contributed by atoms with E-state index in [9.17, 15) is 24.6 Å². The van der Waals surface area contributed by atoms with Gasteiger partial charge in [-0.15, -0.1) is 0 Å². The molecule has 2 N–H and O–H groups in total. The van der Waals surface area contributed by atoms with Crippen LogP contribution in [0, 0.1) is 18.8 Å². The second kappa shape index (κ2) is 6.96. The largest absolute Gasteiger partial charge is 0.543 e. The zero-order valence-electron chi connectivity index (χ0n) is 16.3. The lowest BCUT2D eigenvalue weighted by molar-refractivity contribution is -0.688. The fourth-order valence-electron chi connectivity index (χ4n) is 4.53. The Hall–Kier alpha value is -2.72. The number of nitrogens with one attached hydrogen (secondary N) is 1. The summed E-state index contributed by atoms with van der Waals surface area (Å²) in [7, 11) is 0. The van der Waals surface area contributed by atoms with Crippen molar-refractivity contribution in [3.63, 3.8) is 0 Å². The summed E-state index contributed by atoms with van der Waals surface area (Å²) in [5.41, 5.74) is 1.55. The molecule has 2 amide bonds. The van der Waals surface area contributed by atoms with E-state index in [2.05, 4.69) is 5.32 Å². The van der Waals surface area contributed by atoms with Gasteiger partial charge >= 0.3 is 0 Å². The SMILES string of the molecule is Cc1c(CNC=O)sc2c[n+](CC3=C(C(=O)[O-])N4C(=O)[C@H]([C@@H](C)O)[C@H]4[C@H]3C)cn12. The van der Waals surface area contributed by atoms with Gasteiger partial charge in [-0.25, -0.2) is 4.57 Å². The average Bonchev–Trinajstić information content (AvgIpc) is 3.24. The highest BCUT2D eigenvalue weighted by Crippen LogP contribution is 2.46. The van der Waals surface area contributed by atoms with Crippen LogP contribution in [0.5, 0.6) is 0 Å². The molecule has 0 aromatic carbocycles. The highest BCUT2D eigenvalue weighted by atomic mass is 32.1. The number of carbonyl (C=O) groups excluding carboxylic acids is 3. The molecule has 0 saturated carbocycles. The fourth-order valence-corrected chi connectivity index (χ4v) is 5.65. The Morgan fingerprint density at radius 2 is 2.24 bits per heavy atom. The minimum Gasteiger partial charge on any atom is -0.543 e. The van der Waals surface area contributed by atoms with E-state index in [1.807, 2.05) is 35.3 Å². The maximum absolute atomic E-state index is 12.4. The van der Waals surface area contributed by atoms with E-state index < -0.39 is 18.0 Å². The third-order valence-corrected chi connectivity index (χ3v) is 7.18. The van der Waals surface area contributed by atoms with Crippen LogP contribution < -0.4 is 15.0 Å². The first kappa shape index (κ1) is 19.6. The smallest absolute Gasteiger partial charge is 0.250 e. The highest BCUT2D eigenvalue weighted by molar-refractivity contribution is 7.17. The number of thiazole rings is 1. The summed E-state index contributed by atoms with van der Waals surface area (Å²) < 4.78 is 3.88. The predicted octanol–water partition coefficient (Wildman–Crippen LogP) is -1.30. The minimum atomic E-state index is -1.37. The Balaban J connectivity index is 1.65. The molecule has 0 bridgehead atoms. The molecule has 0 spiro atoms. The van der Waals surface area contributed by atoms with Crippen molar-refractivity contribution in [2.24, 2.45) is 11.8 Å². The van der Waals surface area contributed by atoms with Gasteiger partial charge in [0.15, 0.2) is 0 Å². The number of rotatable bonds is 7. The van der Waals surface area contributed by atoms with Crippen LogP contribution in [-0.4, -0.2) is 44.8 Å². The number of carbonyl (C=O) groups is 3. The lowest BCUT2D eigenvalue weighted by atomic mass is 9.78. The van der Waals surface area contributed by atoms with E-state index in [1.54, 1.807) is 18.3 Å². The van der Waals surface area contributed by atoms with Crippen molar-refractivity contribution in [2.45, 2.75) is 46.0 Å². The third kappa shape index (κ3) is 2.85. The second-order valence-electron chi connectivity index (χ2n) is 7.65. The molecule has 1 saturated heterocycles. The van der Waals surface area contributed by atoms with Gasteiger partial charge in [0.1, 0.15) is 18.4 Å². The van der Waals surface area contributed by atoms with Crippen LogP contribution in [0.1, 0.15) is 24.4 Å². The maximum atomic E-state index is 12.4. The summed E-state index contributed by atoms with van der Waals surface area (Å²) in [6.45, 7) is 6.17. The number of amides is 2. The molecule has 10 heteroatoms. The van der Waals surface area contributed by atoms with Gasteiger partial charge in [0.25, 0.3) is 0 Å². The van der Waals surface area contributed by atoms with Gasteiger partial charge in [-0.1, -0.05) is 18.3 Å². The van der Waals surface area contributed by atoms with Crippen molar-refractivity contribution in [1.29, 1.82) is 0 Å². The van der Waals surface area contributed by atoms with Gasteiger partial charge in [0, 0.05) is 11.5 Å². The molecule has 2 aliphatic heterocycles. The van der Waals surface area contributed by atoms with Gasteiger partial charge < -0.3 is 25.2 Å². The number of aliphatic hydroxyl groups is 1. The number of β-lactam (4-membered cyclic amide) rings is 1. The van der Waals surface area contributed by atoms with E-state index in [-0.39, 0.29) is 23.6 Å². The summed E-state index contributed by atoms with van der Waals surface area (Å²) in [6, 6.07) is -0.350. The topological polar surface area (TPSA) is 118 Å². The minimum absolute atomic E-state index is 0.0703. The van der Waals surface area contributed by atoms with Crippen LogP contribution in [0.3, 0.4) is 0 Å². The number of aliphatic carboxylic acids is 1. The monoisotopic (exact) mass is 418 g/mol. The molecule has 0 aliphatic carbocycles. The standard InChI is InChI=1S/C19H22N4O5S/c1-9-12(17(19(27)28)23-16(9)15(11(3)25)18(23)26)5-21-6-14-22(8-21)10(2)13(29-14)4-20-7-24/h6-9,11,15-16,25H,4-5H2,1-3H3,(H-,20,24,27,28)/t9-,11+,15+,16+/m0/s1. The van der Waals surface area contributed by atoms with Crippen LogP contribution in [-0.2, 0) is 27.5 Å². The molecule has 4 atom stereocenters. The Labute approximate surface area is 170 Å². The van der Waals surface area contributed by atoms with Crippen LogP contribution in [0.25, 0.3) is 4.83 Å². The van der Waals surface area contributed by atoms with Crippen LogP contribution in [0.15, 0.2) is 23.8 Å². The van der Waals surface area contributed by atoms with Gasteiger partial charge in [-0.3, -0.25) is 9.59 Å². The summed E-state index contributed by atoms with van der Waals surface area (Å²) in [4.78, 5) is 38.0. The number of hydrogen-bond acceptors (Lipinski definition) is 6. The zero-order valence-corrected chi connectivity index (χ0v) is 17.1. The van der Waals surface area contributed by atoms with Crippen LogP contribution in [0.2, 0.25) is 0 Å². The molecular weight excluding hydrogens is 396 g/mol. The molecule has 4 rings (SSSR count). The van der Waals surface area contributed by atoms with E-state index in [4.69, 9.17) is 0 Å². The highest BCUT2D eigenvalue weighted by Gasteiger charge is 2.58. The number of nitrogens with zero attached hydrogens (tertiary/aromatic N) is 3. The summed E-state index contributed by atoms with van der Waals surface area (Å²) in [5, 5.41) is 24.4. The summed E-state index contributed by atoms with van der Waals surface area (Å²) in [6.07, 6.45) is 3.62. The molecule has 9 nitrogen and oxygen atoms in total. The van der Waals surface area contributed by atoms with Crippen LogP contribution >= 0.6 is 11.3 Å². The molecule has 2 aromatic rings. The molecule has 2 aromatic heterocycles. The second-order valence-corrected chi connectivity index (χ2v) is 8.76. The molecule has 4 heterocycles. The number of carboxylic acid groups (broad SMARTS) is 1. The Morgan fingerprint density at radius 3 is 2.83 bits per heavy atom. The number of aromatic nitrogens is 2. The number of hydrogen-bond donors (Lipinski definition) is 2. The zero-order chi connectivity index (χ0) is 21.0. The van der Waals surface area contributed by atoms with Crippen molar-refractivity contribution in [2.75, 3.05) is 0 Å². The van der Waals surface area contributed by atoms with E-state index in [1.165, 1.54) is 4.90 Å². The summed E-state index contributed by atoms with van der Waals surface area (Å²) >= 11 is 1.55. The Kier molecular flexibility index (Phi) is 4.70. The number of fused-ring (bicyclic) bond motifs is 2. The van der Waals surface area contributed by atoms with Gasteiger partial charge in [-0.2, -0.15) is 4.40 Å². The molecule has 1 fully saturated rings. The fraction of sp³-hybridized carbons (Fsp3) is 0.474. The first-order valence-electron chi connectivity index (χ1n) is 9.38. The van der Waals surface area contributed by atoms with Crippen molar-refractivity contribution in [1.82, 2.24) is 14.6 Å². The predicted molar refractivity (Wildman–Crippen MR) is 100 cm³/mol. The molecule has 154 valence electrons. The maximum Gasteiger partial charge on any atom is 0.250 e. The van der Waals surface area contributed by atoms with E-state index >= 15 is 0 Å². The number of aliphatic hydroxyl groups excluding tert-OH is 1. The normalized spacial score (nSPS) is 24.6. The number of imidazole rings is 1. The molecule has 0 radical (unpaired) electrons. The number of carboxylic acids is 1. The first-order valence-corrected chi connectivity index (χ1v) is 10.2. The Bertz CT molecular complexity index is 1050. The van der Waals surface area contributed by atoms with E-state index in [0.717, 1.165) is 15.4 Å². The molecular formula is C19H22N4O5S. The van der Waals surface area contributed by atoms with Crippen molar-refractivity contribution >= 4 is 34.5 Å². The van der Waals surface area contributed by atoms with Crippen molar-refractivity contribution in [3.8, 4) is 0 Å². The van der Waals surface area contributed by atoms with Gasteiger partial charge in [0.2, 0.25) is 23.5 Å². The third-order valence-electron chi connectivity index (χ3n) is 5.98. The van der Waals surface area contributed by atoms with Gasteiger partial charge in [-0.05, 0) is 13.8 Å². The lowest BCUT2D eigenvalue weighted by Crippen LogP contribution is -2.64. The summed E-state index contributed by atoms with van der Waals surface area (Å²) in [5.74, 6) is -2.52. The first-order chi connectivity index (χ1) is 13.8. The van der Waals surface area contributed by atoms with Crippen LogP contribution in [0.4, 0.5) is 0 Å². The molecule has 2 aliphatic rings. The number of aryl methyl sites for hydroxylation is 1. The molecule has 0 unspecified atom stereocenters. The quantitative estimate of drug-likeness (QED) is 0.329.